The van der Waals surface area contributed by atoms with Gasteiger partial charge in [0.15, 0.2) is 11.5 Å². The molecule has 4 aromatic rings. The largest absolute Gasteiger partial charge is 0.486 e. The van der Waals surface area contributed by atoms with E-state index in [1.54, 1.807) is 38.4 Å². The number of carbonyl (C=O) groups is 3. The van der Waals surface area contributed by atoms with E-state index < -0.39 is 24.4 Å². The molecule has 4 aromatic carbocycles. The predicted molar refractivity (Wildman–Crippen MR) is 195 cm³/mol. The molecule has 0 fully saturated rings. The predicted octanol–water partition coefficient (Wildman–Crippen LogP) is 8.98. The zero-order chi connectivity index (χ0) is 36.2. The van der Waals surface area contributed by atoms with Crippen molar-refractivity contribution in [2.45, 2.75) is 19.6 Å². The smallest absolute Gasteiger partial charge is 0.322 e. The molecule has 16 heteroatoms. The van der Waals surface area contributed by atoms with Gasteiger partial charge in [-0.15, -0.1) is 0 Å². The van der Waals surface area contributed by atoms with Crippen LogP contribution in [0.3, 0.4) is 0 Å². The van der Waals surface area contributed by atoms with Crippen LogP contribution in [-0.4, -0.2) is 48.7 Å². The summed E-state index contributed by atoms with van der Waals surface area (Å²) >= 11 is 36.7. The van der Waals surface area contributed by atoms with E-state index in [-0.39, 0.29) is 51.0 Å². The Kier molecular flexibility index (Phi) is 15.3. The summed E-state index contributed by atoms with van der Waals surface area (Å²) in [4.78, 5) is 33.2. The first-order valence-electron chi connectivity index (χ1n) is 14.1. The van der Waals surface area contributed by atoms with Gasteiger partial charge in [0.1, 0.15) is 19.8 Å². The molecule has 260 valence electrons. The van der Waals surface area contributed by atoms with Crippen molar-refractivity contribution in [2.75, 3.05) is 31.3 Å². The van der Waals surface area contributed by atoms with Crippen LogP contribution in [-0.2, 0) is 29.2 Å². The van der Waals surface area contributed by atoms with Crippen LogP contribution in [0.15, 0.2) is 60.7 Å². The number of hydrogen-bond donors (Lipinski definition) is 5. The van der Waals surface area contributed by atoms with E-state index in [0.717, 1.165) is 22.5 Å². The van der Waals surface area contributed by atoms with Crippen molar-refractivity contribution >= 4 is 98.8 Å². The number of benzene rings is 4. The summed E-state index contributed by atoms with van der Waals surface area (Å²) in [5.41, 5.74) is 4.00. The second-order valence-electron chi connectivity index (χ2n) is 10.1. The Morgan fingerprint density at radius 1 is 0.592 bits per heavy atom. The molecule has 0 aromatic heterocycles. The Labute approximate surface area is 312 Å². The first-order valence-corrected chi connectivity index (χ1v) is 16.3. The maximum Gasteiger partial charge on any atom is 0.322 e. The Morgan fingerprint density at radius 2 is 1.02 bits per heavy atom. The molecule has 0 aliphatic heterocycles. The molecule has 10 nitrogen and oxygen atoms in total. The van der Waals surface area contributed by atoms with E-state index in [4.69, 9.17) is 89.3 Å². The fraction of sp³-hybridized carbons (Fsp3) is 0.182. The SMILES string of the molecule is CNc1cc(Cl)cc(COc2c(Cl)cc(C(=O)NCC(=O)O)cc2Cl)c1.CNc1cc(Cl)cc(COc2c(Cl)cc(CC(=O)O)cc2Cl)c1. The number of rotatable bonds is 13. The summed E-state index contributed by atoms with van der Waals surface area (Å²) < 4.78 is 11.3. The third kappa shape index (κ3) is 12.6. The van der Waals surface area contributed by atoms with Crippen LogP contribution >= 0.6 is 69.6 Å². The van der Waals surface area contributed by atoms with Gasteiger partial charge in [-0.25, -0.2) is 0 Å². The fourth-order valence-corrected chi connectivity index (χ4v) is 5.93. The van der Waals surface area contributed by atoms with Gasteiger partial charge in [0.2, 0.25) is 0 Å². The minimum atomic E-state index is -1.15. The Balaban J connectivity index is 0.000000267. The molecule has 0 spiro atoms. The molecular weight excluding hydrogens is 763 g/mol. The average molecular weight is 792 g/mol. The highest BCUT2D eigenvalue weighted by Crippen LogP contribution is 2.36. The van der Waals surface area contributed by atoms with Gasteiger partial charge in [-0.1, -0.05) is 69.6 Å². The monoisotopic (exact) mass is 789 g/mol. The summed E-state index contributed by atoms with van der Waals surface area (Å²) in [5.74, 6) is -2.18. The second kappa shape index (κ2) is 18.8. The molecule has 0 radical (unpaired) electrons. The van der Waals surface area contributed by atoms with Gasteiger partial charge in [-0.3, -0.25) is 14.4 Å². The van der Waals surface area contributed by atoms with Gasteiger partial charge in [0, 0.05) is 41.1 Å². The topological polar surface area (TPSA) is 146 Å². The number of carbonyl (C=O) groups excluding carboxylic acids is 1. The van der Waals surface area contributed by atoms with Gasteiger partial charge in [0.25, 0.3) is 5.91 Å². The van der Waals surface area contributed by atoms with Crippen LogP contribution in [0.2, 0.25) is 30.1 Å². The lowest BCUT2D eigenvalue weighted by Crippen LogP contribution is -2.29. The highest BCUT2D eigenvalue weighted by atomic mass is 35.5. The summed E-state index contributed by atoms with van der Waals surface area (Å²) in [6.07, 6.45) is -0.153. The molecule has 0 heterocycles. The number of ether oxygens (including phenoxy) is 2. The highest BCUT2D eigenvalue weighted by molar-refractivity contribution is 6.38. The van der Waals surface area contributed by atoms with Crippen molar-refractivity contribution in [1.29, 1.82) is 0 Å². The van der Waals surface area contributed by atoms with Crippen molar-refractivity contribution < 1.29 is 34.1 Å². The van der Waals surface area contributed by atoms with Crippen molar-refractivity contribution in [3.05, 3.63) is 113 Å². The third-order valence-corrected chi connectivity index (χ3v) is 7.89. The highest BCUT2D eigenvalue weighted by Gasteiger charge is 2.16. The molecule has 4 rings (SSSR count). The van der Waals surface area contributed by atoms with Gasteiger partial charge >= 0.3 is 11.9 Å². The second-order valence-corrected chi connectivity index (χ2v) is 12.6. The van der Waals surface area contributed by atoms with Gasteiger partial charge in [-0.05, 0) is 77.4 Å². The van der Waals surface area contributed by atoms with Gasteiger partial charge in [0.05, 0.1) is 26.5 Å². The number of hydrogen-bond acceptors (Lipinski definition) is 7. The first kappa shape index (κ1) is 39.7. The summed E-state index contributed by atoms with van der Waals surface area (Å²) in [7, 11) is 3.57. The standard InChI is InChI=1S/C17H15Cl3N2O4.C16H14Cl3NO3/c1-21-12-3-9(2-11(18)6-12)8-26-16-13(19)4-10(5-14(16)20)17(25)22-7-15(23)24;1-20-12-3-10(2-11(17)7-12)8-23-16-13(18)4-9(5-14(16)19)6-15(21)22/h2-6,21H,7-8H2,1H3,(H,22,25)(H,23,24);2-5,7,20H,6,8H2,1H3,(H,21,22). The lowest BCUT2D eigenvalue weighted by molar-refractivity contribution is -0.137. The van der Waals surface area contributed by atoms with E-state index in [2.05, 4.69) is 16.0 Å². The van der Waals surface area contributed by atoms with Crippen molar-refractivity contribution in [3.63, 3.8) is 0 Å². The molecule has 0 bridgehead atoms. The van der Waals surface area contributed by atoms with E-state index in [1.807, 2.05) is 12.1 Å². The molecule has 0 aliphatic rings. The van der Waals surface area contributed by atoms with E-state index in [1.165, 1.54) is 24.3 Å². The summed E-state index contributed by atoms with van der Waals surface area (Å²) in [5, 5.41) is 27.6. The number of aliphatic carboxylic acids is 2. The zero-order valence-electron chi connectivity index (χ0n) is 25.8. The Hall–Kier alpha value is -3.77. The van der Waals surface area contributed by atoms with Crippen LogP contribution < -0.4 is 25.4 Å². The number of carboxylic acids is 2. The lowest BCUT2D eigenvalue weighted by Gasteiger charge is -2.13. The van der Waals surface area contributed by atoms with Gasteiger partial charge < -0.3 is 35.6 Å². The zero-order valence-corrected chi connectivity index (χ0v) is 30.3. The van der Waals surface area contributed by atoms with Crippen LogP contribution in [0.5, 0.6) is 11.5 Å². The fourth-order valence-electron chi connectivity index (χ4n) is 4.18. The number of amides is 1. The molecule has 0 atom stereocenters. The number of halogens is 6. The minimum absolute atomic E-state index is 0.133. The molecule has 0 unspecified atom stereocenters. The maximum absolute atomic E-state index is 11.9. The normalized spacial score (nSPS) is 10.4. The molecule has 5 N–H and O–H groups in total. The van der Waals surface area contributed by atoms with E-state index in [0.29, 0.717) is 21.4 Å². The van der Waals surface area contributed by atoms with E-state index >= 15 is 0 Å². The van der Waals surface area contributed by atoms with Crippen LogP contribution in [0.4, 0.5) is 11.4 Å². The maximum atomic E-state index is 11.9. The number of anilines is 2. The van der Waals surface area contributed by atoms with Crippen LogP contribution in [0.1, 0.15) is 27.0 Å². The number of carboxylic acid groups (broad SMARTS) is 2. The summed E-state index contributed by atoms with van der Waals surface area (Å²) in [6, 6.07) is 16.6. The molecule has 0 aliphatic carbocycles. The Morgan fingerprint density at radius 3 is 1.41 bits per heavy atom. The van der Waals surface area contributed by atoms with Crippen molar-refractivity contribution in [2.24, 2.45) is 0 Å². The van der Waals surface area contributed by atoms with Gasteiger partial charge in [-0.2, -0.15) is 0 Å². The number of nitrogens with one attached hydrogen (secondary N) is 3. The first-order chi connectivity index (χ1) is 23.2. The lowest BCUT2D eigenvalue weighted by atomic mass is 10.1. The molecule has 0 saturated heterocycles. The molecule has 1 amide bonds. The molecule has 49 heavy (non-hydrogen) atoms. The van der Waals surface area contributed by atoms with E-state index in [9.17, 15) is 14.4 Å². The molecule has 0 saturated carbocycles. The Bertz CT molecular complexity index is 1790. The quantitative estimate of drug-likeness (QED) is 0.0896. The van der Waals surface area contributed by atoms with Crippen molar-refractivity contribution in [3.8, 4) is 11.5 Å². The minimum Gasteiger partial charge on any atom is -0.486 e. The third-order valence-electron chi connectivity index (χ3n) is 6.33. The van der Waals surface area contributed by atoms with Crippen LogP contribution in [0.25, 0.3) is 0 Å². The molecular formula is C33H29Cl6N3O7. The van der Waals surface area contributed by atoms with Crippen molar-refractivity contribution in [1.82, 2.24) is 5.32 Å². The average Bonchev–Trinajstić information content (AvgIpc) is 3.02. The van der Waals surface area contributed by atoms with Crippen LogP contribution in [0, 0.1) is 0 Å². The summed E-state index contributed by atoms with van der Waals surface area (Å²) in [6.45, 7) is -0.110.